The van der Waals surface area contributed by atoms with E-state index in [4.69, 9.17) is 4.74 Å². The maximum Gasteiger partial charge on any atom is 0.338 e. The molecule has 0 fully saturated rings. The molecule has 0 aliphatic carbocycles. The number of anilines is 1. The quantitative estimate of drug-likeness (QED) is 0.840. The number of hydrogen-bond donors (Lipinski definition) is 1. The summed E-state index contributed by atoms with van der Waals surface area (Å²) in [6.07, 6.45) is -0.0936. The largest absolute Gasteiger partial charge is 0.459 e. The van der Waals surface area contributed by atoms with E-state index in [0.717, 1.165) is 12.2 Å². The highest BCUT2D eigenvalue weighted by Gasteiger charge is 2.08. The first kappa shape index (κ1) is 13.6. The Balaban J connectivity index is 1.92. The van der Waals surface area contributed by atoms with Crippen LogP contribution < -0.4 is 5.32 Å². The standard InChI is InChI=1S/C15H17NO2S/c1-11(2)18-15(17)13-3-5-14(6-4-13)16-9-12-7-8-19-10-12/h3-8,10-11,16H,9H2,1-2H3. The molecule has 0 aliphatic heterocycles. The summed E-state index contributed by atoms with van der Waals surface area (Å²) in [5.74, 6) is -0.278. The summed E-state index contributed by atoms with van der Waals surface area (Å²) >= 11 is 1.69. The highest BCUT2D eigenvalue weighted by atomic mass is 32.1. The summed E-state index contributed by atoms with van der Waals surface area (Å²) in [5.41, 5.74) is 2.83. The van der Waals surface area contributed by atoms with Gasteiger partial charge in [0, 0.05) is 12.2 Å². The Morgan fingerprint density at radius 1 is 1.26 bits per heavy atom. The minimum atomic E-state index is -0.278. The van der Waals surface area contributed by atoms with Crippen molar-refractivity contribution in [1.29, 1.82) is 0 Å². The lowest BCUT2D eigenvalue weighted by Gasteiger charge is -2.09. The molecule has 1 heterocycles. The van der Waals surface area contributed by atoms with Gasteiger partial charge >= 0.3 is 5.97 Å². The second-order valence-electron chi connectivity index (χ2n) is 4.52. The molecule has 0 radical (unpaired) electrons. The molecule has 0 spiro atoms. The van der Waals surface area contributed by atoms with Gasteiger partial charge in [0.1, 0.15) is 0 Å². The van der Waals surface area contributed by atoms with E-state index in [-0.39, 0.29) is 12.1 Å². The number of benzene rings is 1. The molecule has 100 valence electrons. The molecule has 0 unspecified atom stereocenters. The van der Waals surface area contributed by atoms with Crippen LogP contribution >= 0.6 is 11.3 Å². The van der Waals surface area contributed by atoms with Gasteiger partial charge in [0.05, 0.1) is 11.7 Å². The van der Waals surface area contributed by atoms with Gasteiger partial charge in [-0.05, 0) is 60.5 Å². The summed E-state index contributed by atoms with van der Waals surface area (Å²) in [6.45, 7) is 4.47. The molecule has 0 atom stereocenters. The smallest absolute Gasteiger partial charge is 0.338 e. The number of carbonyl (C=O) groups is 1. The highest BCUT2D eigenvalue weighted by molar-refractivity contribution is 7.07. The molecule has 1 aromatic heterocycles. The lowest BCUT2D eigenvalue weighted by Crippen LogP contribution is -2.11. The van der Waals surface area contributed by atoms with Crippen molar-refractivity contribution < 1.29 is 9.53 Å². The van der Waals surface area contributed by atoms with E-state index in [9.17, 15) is 4.79 Å². The summed E-state index contributed by atoms with van der Waals surface area (Å²) in [7, 11) is 0. The van der Waals surface area contributed by atoms with Gasteiger partial charge in [-0.3, -0.25) is 0 Å². The maximum atomic E-state index is 11.7. The van der Waals surface area contributed by atoms with Crippen LogP contribution in [0.15, 0.2) is 41.1 Å². The highest BCUT2D eigenvalue weighted by Crippen LogP contribution is 2.13. The van der Waals surface area contributed by atoms with Crippen molar-refractivity contribution in [2.45, 2.75) is 26.5 Å². The minimum absolute atomic E-state index is 0.0936. The Labute approximate surface area is 117 Å². The third-order valence-electron chi connectivity index (χ3n) is 2.54. The van der Waals surface area contributed by atoms with E-state index in [1.165, 1.54) is 5.56 Å². The Morgan fingerprint density at radius 2 is 2.00 bits per heavy atom. The molecule has 1 N–H and O–H groups in total. The van der Waals surface area contributed by atoms with Gasteiger partial charge < -0.3 is 10.1 Å². The van der Waals surface area contributed by atoms with Crippen LogP contribution in [0.25, 0.3) is 0 Å². The second kappa shape index (κ2) is 6.38. The van der Waals surface area contributed by atoms with E-state index in [1.807, 2.05) is 26.0 Å². The van der Waals surface area contributed by atoms with Gasteiger partial charge in [-0.25, -0.2) is 4.79 Å². The zero-order valence-corrected chi connectivity index (χ0v) is 11.9. The monoisotopic (exact) mass is 275 g/mol. The fourth-order valence-electron chi connectivity index (χ4n) is 1.60. The van der Waals surface area contributed by atoms with E-state index in [0.29, 0.717) is 5.56 Å². The molecule has 19 heavy (non-hydrogen) atoms. The van der Waals surface area contributed by atoms with E-state index < -0.39 is 0 Å². The fraction of sp³-hybridized carbons (Fsp3) is 0.267. The average Bonchev–Trinajstić information content (AvgIpc) is 2.89. The van der Waals surface area contributed by atoms with E-state index >= 15 is 0 Å². The van der Waals surface area contributed by atoms with Crippen molar-refractivity contribution in [3.05, 3.63) is 52.2 Å². The zero-order chi connectivity index (χ0) is 13.7. The van der Waals surface area contributed by atoms with Crippen molar-refractivity contribution in [2.75, 3.05) is 5.32 Å². The van der Waals surface area contributed by atoms with Gasteiger partial charge in [-0.2, -0.15) is 11.3 Å². The zero-order valence-electron chi connectivity index (χ0n) is 11.1. The third kappa shape index (κ3) is 4.10. The molecule has 0 saturated heterocycles. The molecular formula is C15H17NO2S. The molecule has 4 heteroatoms. The first-order chi connectivity index (χ1) is 9.15. The first-order valence-corrected chi connectivity index (χ1v) is 7.15. The van der Waals surface area contributed by atoms with E-state index in [1.54, 1.807) is 23.5 Å². The number of ether oxygens (including phenoxy) is 1. The number of hydrogen-bond acceptors (Lipinski definition) is 4. The SMILES string of the molecule is CC(C)OC(=O)c1ccc(NCc2ccsc2)cc1. The molecule has 1 aromatic carbocycles. The summed E-state index contributed by atoms with van der Waals surface area (Å²) < 4.78 is 5.14. The van der Waals surface area contributed by atoms with Gasteiger partial charge in [0.25, 0.3) is 0 Å². The normalized spacial score (nSPS) is 10.5. The fourth-order valence-corrected chi connectivity index (χ4v) is 2.27. The van der Waals surface area contributed by atoms with Gasteiger partial charge in [-0.1, -0.05) is 0 Å². The number of rotatable bonds is 5. The van der Waals surface area contributed by atoms with Crippen LogP contribution in [0, 0.1) is 0 Å². The van der Waals surface area contributed by atoms with Crippen molar-refractivity contribution >= 4 is 23.0 Å². The molecule has 0 saturated carbocycles. The van der Waals surface area contributed by atoms with Crippen LogP contribution in [-0.4, -0.2) is 12.1 Å². The van der Waals surface area contributed by atoms with Crippen LogP contribution in [0.3, 0.4) is 0 Å². The topological polar surface area (TPSA) is 38.3 Å². The molecule has 0 aliphatic rings. The van der Waals surface area contributed by atoms with Crippen LogP contribution in [0.1, 0.15) is 29.8 Å². The average molecular weight is 275 g/mol. The van der Waals surface area contributed by atoms with Crippen molar-refractivity contribution in [2.24, 2.45) is 0 Å². The number of thiophene rings is 1. The molecule has 2 aromatic rings. The Hall–Kier alpha value is -1.81. The van der Waals surface area contributed by atoms with Crippen molar-refractivity contribution in [1.82, 2.24) is 0 Å². The first-order valence-electron chi connectivity index (χ1n) is 6.21. The molecule has 0 bridgehead atoms. The lowest BCUT2D eigenvalue weighted by atomic mass is 10.2. The van der Waals surface area contributed by atoms with Gasteiger partial charge in [0.15, 0.2) is 0 Å². The number of carbonyl (C=O) groups excluding carboxylic acids is 1. The van der Waals surface area contributed by atoms with Crippen LogP contribution in [0.5, 0.6) is 0 Å². The van der Waals surface area contributed by atoms with Crippen molar-refractivity contribution in [3.8, 4) is 0 Å². The van der Waals surface area contributed by atoms with Crippen LogP contribution in [-0.2, 0) is 11.3 Å². The Kier molecular flexibility index (Phi) is 4.58. The second-order valence-corrected chi connectivity index (χ2v) is 5.30. The number of nitrogens with one attached hydrogen (secondary N) is 1. The minimum Gasteiger partial charge on any atom is -0.459 e. The van der Waals surface area contributed by atoms with E-state index in [2.05, 4.69) is 22.1 Å². The Morgan fingerprint density at radius 3 is 2.58 bits per heavy atom. The predicted octanol–water partition coefficient (Wildman–Crippen LogP) is 3.93. The number of esters is 1. The van der Waals surface area contributed by atoms with Crippen LogP contribution in [0.2, 0.25) is 0 Å². The molecular weight excluding hydrogens is 258 g/mol. The summed E-state index contributed by atoms with van der Waals surface area (Å²) in [5, 5.41) is 7.48. The molecule has 0 amide bonds. The third-order valence-corrected chi connectivity index (χ3v) is 3.27. The lowest BCUT2D eigenvalue weighted by molar-refractivity contribution is 0.0378. The summed E-state index contributed by atoms with van der Waals surface area (Å²) in [6, 6.07) is 9.43. The Bertz CT molecular complexity index is 518. The van der Waals surface area contributed by atoms with Crippen molar-refractivity contribution in [3.63, 3.8) is 0 Å². The predicted molar refractivity (Wildman–Crippen MR) is 78.6 cm³/mol. The maximum absolute atomic E-state index is 11.7. The molecule has 2 rings (SSSR count). The van der Waals surface area contributed by atoms with Crippen LogP contribution in [0.4, 0.5) is 5.69 Å². The van der Waals surface area contributed by atoms with Gasteiger partial charge in [-0.15, -0.1) is 0 Å². The molecule has 3 nitrogen and oxygen atoms in total. The summed E-state index contributed by atoms with van der Waals surface area (Å²) in [4.78, 5) is 11.7. The van der Waals surface area contributed by atoms with Gasteiger partial charge in [0.2, 0.25) is 0 Å².